The SMILES string of the molecule is CC(=O)N(CCNC(=O)C1CCCO1)c1ccc2c(c1)OCO2. The zero-order chi connectivity index (χ0) is 16.2. The maximum Gasteiger partial charge on any atom is 0.249 e. The van der Waals surface area contributed by atoms with Crippen LogP contribution in [0.5, 0.6) is 11.5 Å². The fourth-order valence-corrected chi connectivity index (χ4v) is 2.71. The second-order valence-electron chi connectivity index (χ2n) is 5.50. The van der Waals surface area contributed by atoms with E-state index in [0.717, 1.165) is 12.8 Å². The number of nitrogens with zero attached hydrogens (tertiary/aromatic N) is 1. The lowest BCUT2D eigenvalue weighted by atomic mass is 10.2. The molecule has 1 aromatic carbocycles. The van der Waals surface area contributed by atoms with Gasteiger partial charge in [0.15, 0.2) is 11.5 Å². The monoisotopic (exact) mass is 320 g/mol. The van der Waals surface area contributed by atoms with Crippen molar-refractivity contribution in [2.75, 3.05) is 31.4 Å². The number of amides is 2. The van der Waals surface area contributed by atoms with E-state index in [1.54, 1.807) is 23.1 Å². The Kier molecular flexibility index (Phi) is 4.66. The molecule has 2 heterocycles. The van der Waals surface area contributed by atoms with Crippen LogP contribution in [0.2, 0.25) is 0 Å². The lowest BCUT2D eigenvalue weighted by molar-refractivity contribution is -0.130. The standard InChI is InChI=1S/C16H20N2O5/c1-11(19)18(7-6-17-16(20)14-3-2-8-21-14)12-4-5-13-15(9-12)23-10-22-13/h4-5,9,14H,2-3,6-8,10H2,1H3,(H,17,20). The Bertz CT molecular complexity index is 598. The number of fused-ring (bicyclic) bond motifs is 1. The Morgan fingerprint density at radius 3 is 2.87 bits per heavy atom. The molecule has 124 valence electrons. The molecule has 0 aromatic heterocycles. The summed E-state index contributed by atoms with van der Waals surface area (Å²) in [7, 11) is 0. The van der Waals surface area contributed by atoms with Crippen molar-refractivity contribution in [3.63, 3.8) is 0 Å². The Labute approximate surface area is 134 Å². The summed E-state index contributed by atoms with van der Waals surface area (Å²) in [5, 5.41) is 2.82. The van der Waals surface area contributed by atoms with Gasteiger partial charge in [0.2, 0.25) is 18.6 Å². The summed E-state index contributed by atoms with van der Waals surface area (Å²) in [5.74, 6) is 1.08. The third-order valence-electron chi connectivity index (χ3n) is 3.90. The van der Waals surface area contributed by atoms with Crippen LogP contribution in [-0.2, 0) is 14.3 Å². The topological polar surface area (TPSA) is 77.1 Å². The lowest BCUT2D eigenvalue weighted by Crippen LogP contribution is -2.41. The maximum atomic E-state index is 11.9. The van der Waals surface area contributed by atoms with Crippen molar-refractivity contribution in [1.29, 1.82) is 0 Å². The van der Waals surface area contributed by atoms with Crippen LogP contribution in [-0.4, -0.2) is 44.4 Å². The van der Waals surface area contributed by atoms with Crippen molar-refractivity contribution >= 4 is 17.5 Å². The fourth-order valence-electron chi connectivity index (χ4n) is 2.71. The number of hydrogen-bond donors (Lipinski definition) is 1. The quantitative estimate of drug-likeness (QED) is 0.878. The first-order valence-electron chi connectivity index (χ1n) is 7.72. The van der Waals surface area contributed by atoms with Crippen LogP contribution >= 0.6 is 0 Å². The predicted molar refractivity (Wildman–Crippen MR) is 82.6 cm³/mol. The van der Waals surface area contributed by atoms with E-state index in [0.29, 0.717) is 36.9 Å². The molecule has 0 spiro atoms. The number of hydrogen-bond acceptors (Lipinski definition) is 5. The highest BCUT2D eigenvalue weighted by Gasteiger charge is 2.23. The van der Waals surface area contributed by atoms with Crippen LogP contribution in [0.3, 0.4) is 0 Å². The summed E-state index contributed by atoms with van der Waals surface area (Å²) in [6.07, 6.45) is 1.31. The van der Waals surface area contributed by atoms with Crippen LogP contribution in [0.4, 0.5) is 5.69 Å². The molecule has 1 atom stereocenters. The van der Waals surface area contributed by atoms with Gasteiger partial charge < -0.3 is 24.4 Å². The molecule has 23 heavy (non-hydrogen) atoms. The van der Waals surface area contributed by atoms with E-state index in [2.05, 4.69) is 5.32 Å². The van der Waals surface area contributed by atoms with E-state index < -0.39 is 0 Å². The Balaban J connectivity index is 1.58. The summed E-state index contributed by atoms with van der Waals surface area (Å²) in [6.45, 7) is 3.07. The van der Waals surface area contributed by atoms with E-state index in [1.807, 2.05) is 0 Å². The van der Waals surface area contributed by atoms with Crippen LogP contribution in [0.25, 0.3) is 0 Å². The number of benzene rings is 1. The minimum absolute atomic E-state index is 0.102. The highest BCUT2D eigenvalue weighted by atomic mass is 16.7. The molecule has 1 saturated heterocycles. The summed E-state index contributed by atoms with van der Waals surface area (Å²) in [4.78, 5) is 25.4. The van der Waals surface area contributed by atoms with Crippen molar-refractivity contribution in [3.8, 4) is 11.5 Å². The normalized spacial score (nSPS) is 18.7. The third kappa shape index (κ3) is 3.56. The van der Waals surface area contributed by atoms with Gasteiger partial charge in [-0.2, -0.15) is 0 Å². The number of carbonyl (C=O) groups excluding carboxylic acids is 2. The molecule has 0 saturated carbocycles. The Hall–Kier alpha value is -2.28. The molecule has 0 aliphatic carbocycles. The molecule has 3 rings (SSSR count). The highest BCUT2D eigenvalue weighted by Crippen LogP contribution is 2.35. The van der Waals surface area contributed by atoms with Crippen molar-refractivity contribution in [1.82, 2.24) is 5.32 Å². The van der Waals surface area contributed by atoms with Crippen molar-refractivity contribution < 1.29 is 23.8 Å². The molecule has 7 heteroatoms. The van der Waals surface area contributed by atoms with E-state index in [1.165, 1.54) is 6.92 Å². The third-order valence-corrected chi connectivity index (χ3v) is 3.90. The van der Waals surface area contributed by atoms with E-state index in [-0.39, 0.29) is 24.7 Å². The number of nitrogens with one attached hydrogen (secondary N) is 1. The summed E-state index contributed by atoms with van der Waals surface area (Å²) < 4.78 is 15.9. The van der Waals surface area contributed by atoms with Crippen LogP contribution in [0.1, 0.15) is 19.8 Å². The highest BCUT2D eigenvalue weighted by molar-refractivity contribution is 5.92. The van der Waals surface area contributed by atoms with Crippen LogP contribution < -0.4 is 19.7 Å². The van der Waals surface area contributed by atoms with Crippen LogP contribution in [0, 0.1) is 0 Å². The van der Waals surface area contributed by atoms with Gasteiger partial charge in [-0.05, 0) is 25.0 Å². The second kappa shape index (κ2) is 6.87. The summed E-state index contributed by atoms with van der Waals surface area (Å²) >= 11 is 0. The number of rotatable bonds is 5. The largest absolute Gasteiger partial charge is 0.454 e. The first-order valence-corrected chi connectivity index (χ1v) is 7.72. The maximum absolute atomic E-state index is 11.9. The predicted octanol–water partition coefficient (Wildman–Crippen LogP) is 1.06. The molecular formula is C16H20N2O5. The van der Waals surface area contributed by atoms with Gasteiger partial charge in [-0.1, -0.05) is 0 Å². The molecule has 1 fully saturated rings. The second-order valence-corrected chi connectivity index (χ2v) is 5.50. The van der Waals surface area contributed by atoms with Gasteiger partial charge in [-0.25, -0.2) is 0 Å². The minimum Gasteiger partial charge on any atom is -0.454 e. The van der Waals surface area contributed by atoms with E-state index in [9.17, 15) is 9.59 Å². The number of anilines is 1. The van der Waals surface area contributed by atoms with Gasteiger partial charge in [0.05, 0.1) is 0 Å². The van der Waals surface area contributed by atoms with Gasteiger partial charge in [-0.15, -0.1) is 0 Å². The van der Waals surface area contributed by atoms with Crippen molar-refractivity contribution in [3.05, 3.63) is 18.2 Å². The van der Waals surface area contributed by atoms with E-state index >= 15 is 0 Å². The lowest BCUT2D eigenvalue weighted by Gasteiger charge is -2.22. The zero-order valence-electron chi connectivity index (χ0n) is 13.0. The smallest absolute Gasteiger partial charge is 0.249 e. The molecule has 1 unspecified atom stereocenters. The fraction of sp³-hybridized carbons (Fsp3) is 0.500. The van der Waals surface area contributed by atoms with Gasteiger partial charge >= 0.3 is 0 Å². The average Bonchev–Trinajstić information content (AvgIpc) is 3.20. The number of carbonyl (C=O) groups is 2. The summed E-state index contributed by atoms with van der Waals surface area (Å²) in [5.41, 5.74) is 0.716. The number of ether oxygens (including phenoxy) is 3. The molecule has 0 radical (unpaired) electrons. The van der Waals surface area contributed by atoms with Gasteiger partial charge in [0, 0.05) is 38.4 Å². The Morgan fingerprint density at radius 1 is 1.30 bits per heavy atom. The summed E-state index contributed by atoms with van der Waals surface area (Å²) in [6, 6.07) is 5.35. The van der Waals surface area contributed by atoms with Gasteiger partial charge in [0.1, 0.15) is 6.10 Å². The van der Waals surface area contributed by atoms with Gasteiger partial charge in [-0.3, -0.25) is 9.59 Å². The molecule has 2 aliphatic heterocycles. The van der Waals surface area contributed by atoms with Crippen molar-refractivity contribution in [2.45, 2.75) is 25.9 Å². The molecule has 1 N–H and O–H groups in total. The minimum atomic E-state index is -0.355. The van der Waals surface area contributed by atoms with Crippen LogP contribution in [0.15, 0.2) is 18.2 Å². The van der Waals surface area contributed by atoms with Crippen molar-refractivity contribution in [2.24, 2.45) is 0 Å². The molecule has 1 aromatic rings. The first-order chi connectivity index (χ1) is 11.1. The van der Waals surface area contributed by atoms with E-state index in [4.69, 9.17) is 14.2 Å². The first kappa shape index (κ1) is 15.6. The average molecular weight is 320 g/mol. The molecule has 7 nitrogen and oxygen atoms in total. The molecule has 0 bridgehead atoms. The zero-order valence-corrected chi connectivity index (χ0v) is 13.0. The molecule has 2 aliphatic rings. The molecular weight excluding hydrogens is 300 g/mol. The Morgan fingerprint density at radius 2 is 2.13 bits per heavy atom. The molecule has 2 amide bonds. The van der Waals surface area contributed by atoms with Gasteiger partial charge in [0.25, 0.3) is 0 Å².